The Bertz CT molecular complexity index is 703. The summed E-state index contributed by atoms with van der Waals surface area (Å²) in [5, 5.41) is 5.82. The van der Waals surface area contributed by atoms with E-state index in [4.69, 9.17) is 16.3 Å². The van der Waals surface area contributed by atoms with E-state index in [1.807, 2.05) is 10.7 Å². The van der Waals surface area contributed by atoms with E-state index in [-0.39, 0.29) is 12.1 Å². The number of fused-ring (bicyclic) bond motifs is 1. The number of aromatic nitrogens is 2. The summed E-state index contributed by atoms with van der Waals surface area (Å²) in [4.78, 5) is 0. The molecule has 21 heavy (non-hydrogen) atoms. The van der Waals surface area contributed by atoms with Crippen LogP contribution in [0.25, 0.3) is 17.0 Å². The second-order valence-corrected chi connectivity index (χ2v) is 6.36. The summed E-state index contributed by atoms with van der Waals surface area (Å²) >= 11 is 9.81. The van der Waals surface area contributed by atoms with Crippen LogP contribution >= 0.6 is 27.5 Å². The predicted octanol–water partition coefficient (Wildman–Crippen LogP) is 5.48. The van der Waals surface area contributed by atoms with E-state index < -0.39 is 0 Å². The van der Waals surface area contributed by atoms with Crippen molar-refractivity contribution in [1.82, 2.24) is 9.78 Å². The molecular formula is C15H15BrClFN2O. The fraction of sp³-hybridized carbons (Fsp3) is 0.400. The Morgan fingerprint density at radius 1 is 1.57 bits per heavy atom. The Morgan fingerprint density at radius 3 is 3.05 bits per heavy atom. The van der Waals surface area contributed by atoms with E-state index in [0.29, 0.717) is 10.6 Å². The zero-order valence-electron chi connectivity index (χ0n) is 11.6. The quantitative estimate of drug-likeness (QED) is 0.697. The number of halogens is 3. The first-order chi connectivity index (χ1) is 10.1. The lowest BCUT2D eigenvalue weighted by Gasteiger charge is -2.23. The van der Waals surface area contributed by atoms with Crippen molar-refractivity contribution >= 4 is 44.5 Å². The molecule has 0 bridgehead atoms. The molecule has 1 aliphatic heterocycles. The maximum atomic E-state index is 13.2. The van der Waals surface area contributed by atoms with Crippen molar-refractivity contribution in [2.45, 2.75) is 32.4 Å². The third kappa shape index (κ3) is 2.87. The molecule has 0 amide bonds. The predicted molar refractivity (Wildman–Crippen MR) is 86.0 cm³/mol. The molecule has 0 aliphatic carbocycles. The van der Waals surface area contributed by atoms with Gasteiger partial charge in [-0.1, -0.05) is 11.6 Å². The number of rotatable bonds is 2. The SMILES string of the molecule is C/C(F)=C/c1c(Cl)cc2c(cnn2C2CCCCO2)c1Br. The minimum atomic E-state index is -0.292. The maximum Gasteiger partial charge on any atom is 0.150 e. The van der Waals surface area contributed by atoms with Gasteiger partial charge >= 0.3 is 0 Å². The molecule has 1 fully saturated rings. The molecule has 2 heterocycles. The monoisotopic (exact) mass is 372 g/mol. The van der Waals surface area contributed by atoms with Crippen LogP contribution in [0.4, 0.5) is 4.39 Å². The Balaban J connectivity index is 2.13. The number of hydrogen-bond donors (Lipinski definition) is 0. The van der Waals surface area contributed by atoms with Crippen molar-refractivity contribution in [3.05, 3.63) is 33.1 Å². The maximum absolute atomic E-state index is 13.2. The normalized spacial score (nSPS) is 20.2. The molecule has 112 valence electrons. The highest BCUT2D eigenvalue weighted by Crippen LogP contribution is 2.37. The minimum Gasteiger partial charge on any atom is -0.356 e. The van der Waals surface area contributed by atoms with E-state index in [2.05, 4.69) is 21.0 Å². The first-order valence-corrected chi connectivity index (χ1v) is 8.05. The molecule has 3 nitrogen and oxygen atoms in total. The number of ether oxygens (including phenoxy) is 1. The largest absolute Gasteiger partial charge is 0.356 e. The van der Waals surface area contributed by atoms with Crippen molar-refractivity contribution in [1.29, 1.82) is 0 Å². The van der Waals surface area contributed by atoms with Crippen LogP contribution in [0, 0.1) is 0 Å². The van der Waals surface area contributed by atoms with Gasteiger partial charge < -0.3 is 4.74 Å². The molecule has 0 N–H and O–H groups in total. The number of benzene rings is 1. The summed E-state index contributed by atoms with van der Waals surface area (Å²) in [5.74, 6) is -0.292. The molecule has 1 saturated heterocycles. The molecule has 3 rings (SSSR count). The van der Waals surface area contributed by atoms with Gasteiger partial charge in [0.15, 0.2) is 6.23 Å². The zero-order valence-corrected chi connectivity index (χ0v) is 13.9. The number of nitrogens with zero attached hydrogens (tertiary/aromatic N) is 2. The molecule has 1 aromatic carbocycles. The van der Waals surface area contributed by atoms with Crippen LogP contribution in [0.5, 0.6) is 0 Å². The van der Waals surface area contributed by atoms with Crippen molar-refractivity contribution in [2.24, 2.45) is 0 Å². The van der Waals surface area contributed by atoms with Gasteiger partial charge in [-0.15, -0.1) is 0 Å². The Hall–Kier alpha value is -0.910. The Morgan fingerprint density at radius 2 is 2.38 bits per heavy atom. The van der Waals surface area contributed by atoms with Gasteiger partial charge in [-0.05, 0) is 54.3 Å². The number of hydrogen-bond acceptors (Lipinski definition) is 2. The van der Waals surface area contributed by atoms with E-state index in [1.165, 1.54) is 13.0 Å². The minimum absolute atomic E-state index is 0.0523. The van der Waals surface area contributed by atoms with Crippen molar-refractivity contribution in [3.63, 3.8) is 0 Å². The smallest absolute Gasteiger partial charge is 0.150 e. The standard InChI is InChI=1S/C15H15BrClFN2O/c1-9(18)6-10-12(17)7-13-11(15(10)16)8-19-20(13)14-4-2-3-5-21-14/h6-8,14H,2-5H2,1H3/b9-6-. The van der Waals surface area contributed by atoms with Gasteiger partial charge in [0, 0.05) is 22.0 Å². The summed E-state index contributed by atoms with van der Waals surface area (Å²) in [7, 11) is 0. The highest BCUT2D eigenvalue weighted by Gasteiger charge is 2.20. The van der Waals surface area contributed by atoms with Crippen LogP contribution in [0.15, 0.2) is 22.6 Å². The lowest BCUT2D eigenvalue weighted by atomic mass is 10.1. The Labute approximate surface area is 135 Å². The average molecular weight is 374 g/mol. The van der Waals surface area contributed by atoms with E-state index in [9.17, 15) is 4.39 Å². The second-order valence-electron chi connectivity index (χ2n) is 5.16. The van der Waals surface area contributed by atoms with E-state index in [1.54, 1.807) is 6.20 Å². The van der Waals surface area contributed by atoms with Crippen molar-refractivity contribution in [2.75, 3.05) is 6.61 Å². The molecule has 1 aliphatic rings. The fourth-order valence-corrected chi connectivity index (χ4v) is 3.61. The molecule has 6 heteroatoms. The summed E-state index contributed by atoms with van der Waals surface area (Å²) in [6, 6.07) is 1.82. The van der Waals surface area contributed by atoms with Crippen LogP contribution in [0.2, 0.25) is 5.02 Å². The molecule has 1 aromatic heterocycles. The number of allylic oxidation sites excluding steroid dienone is 1. The lowest BCUT2D eigenvalue weighted by molar-refractivity contribution is -0.0366. The van der Waals surface area contributed by atoms with Gasteiger partial charge in [-0.25, -0.2) is 9.07 Å². The molecule has 0 saturated carbocycles. The summed E-state index contributed by atoms with van der Waals surface area (Å²) in [6.45, 7) is 2.15. The molecular weight excluding hydrogens is 359 g/mol. The highest BCUT2D eigenvalue weighted by atomic mass is 79.9. The van der Waals surface area contributed by atoms with Crippen molar-refractivity contribution < 1.29 is 9.13 Å². The van der Waals surface area contributed by atoms with Crippen molar-refractivity contribution in [3.8, 4) is 0 Å². The molecule has 1 unspecified atom stereocenters. The van der Waals surface area contributed by atoms with Crippen LogP contribution in [0.3, 0.4) is 0 Å². The van der Waals surface area contributed by atoms with Crippen LogP contribution < -0.4 is 0 Å². The summed E-state index contributed by atoms with van der Waals surface area (Å²) in [6.07, 6.45) is 6.28. The zero-order chi connectivity index (χ0) is 15.0. The molecule has 0 spiro atoms. The topological polar surface area (TPSA) is 27.1 Å². The molecule has 1 atom stereocenters. The van der Waals surface area contributed by atoms with Gasteiger partial charge in [0.2, 0.25) is 0 Å². The third-order valence-corrected chi connectivity index (χ3v) is 4.77. The average Bonchev–Trinajstić information content (AvgIpc) is 2.88. The summed E-state index contributed by atoms with van der Waals surface area (Å²) in [5.41, 5.74) is 1.53. The van der Waals surface area contributed by atoms with Gasteiger partial charge in [-0.3, -0.25) is 0 Å². The second kappa shape index (κ2) is 6.07. The third-order valence-electron chi connectivity index (χ3n) is 3.60. The lowest BCUT2D eigenvalue weighted by Crippen LogP contribution is -2.18. The fourth-order valence-electron chi connectivity index (χ4n) is 2.61. The molecule has 0 radical (unpaired) electrons. The first kappa shape index (κ1) is 15.0. The van der Waals surface area contributed by atoms with Gasteiger partial charge in [0.1, 0.15) is 0 Å². The van der Waals surface area contributed by atoms with Gasteiger partial charge in [0.25, 0.3) is 0 Å². The van der Waals surface area contributed by atoms with Crippen LogP contribution in [-0.2, 0) is 4.74 Å². The van der Waals surface area contributed by atoms with Gasteiger partial charge in [0.05, 0.1) is 22.6 Å². The summed E-state index contributed by atoms with van der Waals surface area (Å²) < 4.78 is 21.6. The van der Waals surface area contributed by atoms with E-state index in [0.717, 1.165) is 41.2 Å². The highest BCUT2D eigenvalue weighted by molar-refractivity contribution is 9.10. The van der Waals surface area contributed by atoms with Crippen LogP contribution in [-0.4, -0.2) is 16.4 Å². The molecule has 2 aromatic rings. The first-order valence-electron chi connectivity index (χ1n) is 6.88. The van der Waals surface area contributed by atoms with Gasteiger partial charge in [-0.2, -0.15) is 5.10 Å². The van der Waals surface area contributed by atoms with E-state index >= 15 is 0 Å². The Kier molecular flexibility index (Phi) is 4.33. The van der Waals surface area contributed by atoms with Crippen LogP contribution in [0.1, 0.15) is 38.0 Å².